The number of hydrogen-bond acceptors (Lipinski definition) is 2. The fourth-order valence-corrected chi connectivity index (χ4v) is 2.10. The maximum Gasteiger partial charge on any atom is 0.0431 e. The van der Waals surface area contributed by atoms with E-state index in [4.69, 9.17) is 5.11 Å². The van der Waals surface area contributed by atoms with Gasteiger partial charge in [-0.05, 0) is 30.7 Å². The molecular formula is C13H27NO. The average Bonchev–Trinajstić information content (AvgIpc) is 2.05. The molecule has 0 atom stereocenters. The van der Waals surface area contributed by atoms with Gasteiger partial charge in [0, 0.05) is 19.7 Å². The number of aliphatic hydroxyl groups is 1. The van der Waals surface area contributed by atoms with Gasteiger partial charge in [-0.1, -0.05) is 33.6 Å². The first-order valence-electron chi connectivity index (χ1n) is 6.37. The largest absolute Gasteiger partial charge is 0.396 e. The molecule has 1 aliphatic heterocycles. The molecule has 0 bridgehead atoms. The lowest BCUT2D eigenvalue weighted by Gasteiger charge is -2.46. The van der Waals surface area contributed by atoms with Gasteiger partial charge in [0.2, 0.25) is 0 Å². The molecule has 0 aromatic heterocycles. The van der Waals surface area contributed by atoms with Crippen LogP contribution < -0.4 is 0 Å². The summed E-state index contributed by atoms with van der Waals surface area (Å²) in [6, 6.07) is 0. The molecule has 1 N–H and O–H groups in total. The highest BCUT2D eigenvalue weighted by atomic mass is 16.2. The van der Waals surface area contributed by atoms with E-state index < -0.39 is 0 Å². The van der Waals surface area contributed by atoms with Crippen molar-refractivity contribution >= 4 is 0 Å². The van der Waals surface area contributed by atoms with Crippen LogP contribution in [0.1, 0.15) is 46.5 Å². The zero-order valence-electron chi connectivity index (χ0n) is 10.6. The van der Waals surface area contributed by atoms with Gasteiger partial charge < -0.3 is 10.0 Å². The van der Waals surface area contributed by atoms with Gasteiger partial charge in [0.15, 0.2) is 0 Å². The predicted octanol–water partition coefficient (Wildman–Crippen LogP) is 2.52. The smallest absolute Gasteiger partial charge is 0.0431 e. The molecule has 2 heteroatoms. The van der Waals surface area contributed by atoms with Crippen LogP contribution in [0.25, 0.3) is 0 Å². The number of hydrogen-bond donors (Lipinski definition) is 1. The monoisotopic (exact) mass is 213 g/mol. The molecule has 15 heavy (non-hydrogen) atoms. The highest BCUT2D eigenvalue weighted by Crippen LogP contribution is 2.33. The average molecular weight is 213 g/mol. The van der Waals surface area contributed by atoms with Crippen molar-refractivity contribution in [2.75, 3.05) is 26.2 Å². The van der Waals surface area contributed by atoms with E-state index in [1.807, 2.05) is 0 Å². The summed E-state index contributed by atoms with van der Waals surface area (Å²) in [5.41, 5.74) is 0.493. The van der Waals surface area contributed by atoms with Crippen molar-refractivity contribution in [3.63, 3.8) is 0 Å². The SMILES string of the molecule is CC(C)(C)C1CN(CCCCCCO)C1. The van der Waals surface area contributed by atoms with E-state index >= 15 is 0 Å². The molecule has 0 saturated carbocycles. The van der Waals surface area contributed by atoms with Gasteiger partial charge in [-0.2, -0.15) is 0 Å². The molecule has 1 saturated heterocycles. The van der Waals surface area contributed by atoms with Crippen LogP contribution in [0.2, 0.25) is 0 Å². The summed E-state index contributed by atoms with van der Waals surface area (Å²) >= 11 is 0. The maximum atomic E-state index is 8.65. The van der Waals surface area contributed by atoms with Gasteiger partial charge in [-0.15, -0.1) is 0 Å². The first-order valence-corrected chi connectivity index (χ1v) is 6.37. The van der Waals surface area contributed by atoms with Crippen LogP contribution in [0, 0.1) is 11.3 Å². The van der Waals surface area contributed by atoms with E-state index in [1.165, 1.54) is 38.9 Å². The number of likely N-dealkylation sites (tertiary alicyclic amines) is 1. The maximum absolute atomic E-state index is 8.65. The zero-order chi connectivity index (χ0) is 11.3. The third-order valence-electron chi connectivity index (χ3n) is 3.56. The third kappa shape index (κ3) is 4.52. The van der Waals surface area contributed by atoms with Crippen molar-refractivity contribution < 1.29 is 5.11 Å². The normalized spacial score (nSPS) is 19.2. The summed E-state index contributed by atoms with van der Waals surface area (Å²) < 4.78 is 0. The summed E-state index contributed by atoms with van der Waals surface area (Å²) in [5.74, 6) is 0.898. The molecule has 1 heterocycles. The first-order chi connectivity index (χ1) is 7.04. The van der Waals surface area contributed by atoms with Gasteiger partial charge in [0.05, 0.1) is 0 Å². The van der Waals surface area contributed by atoms with E-state index in [9.17, 15) is 0 Å². The van der Waals surface area contributed by atoms with Gasteiger partial charge in [-0.25, -0.2) is 0 Å². The second kappa shape index (κ2) is 5.86. The first kappa shape index (κ1) is 13.0. The number of aliphatic hydroxyl groups excluding tert-OH is 1. The Hall–Kier alpha value is -0.0800. The lowest BCUT2D eigenvalue weighted by molar-refractivity contribution is 0.0238. The Balaban J connectivity index is 1.94. The molecule has 90 valence electrons. The Morgan fingerprint density at radius 2 is 1.67 bits per heavy atom. The van der Waals surface area contributed by atoms with Gasteiger partial charge in [-0.3, -0.25) is 0 Å². The van der Waals surface area contributed by atoms with E-state index in [0.29, 0.717) is 12.0 Å². The van der Waals surface area contributed by atoms with Crippen LogP contribution in [-0.4, -0.2) is 36.2 Å². The van der Waals surface area contributed by atoms with Crippen molar-refractivity contribution in [2.45, 2.75) is 46.5 Å². The molecule has 1 rings (SSSR count). The van der Waals surface area contributed by atoms with E-state index in [2.05, 4.69) is 25.7 Å². The number of rotatable bonds is 6. The van der Waals surface area contributed by atoms with E-state index in [0.717, 1.165) is 12.3 Å². The van der Waals surface area contributed by atoms with Crippen molar-refractivity contribution in [1.82, 2.24) is 4.90 Å². The minimum absolute atomic E-state index is 0.357. The van der Waals surface area contributed by atoms with Gasteiger partial charge in [0.1, 0.15) is 0 Å². The van der Waals surface area contributed by atoms with Crippen LogP contribution in [0.4, 0.5) is 0 Å². The third-order valence-corrected chi connectivity index (χ3v) is 3.56. The topological polar surface area (TPSA) is 23.5 Å². The van der Waals surface area contributed by atoms with Crippen LogP contribution in [0.15, 0.2) is 0 Å². The van der Waals surface area contributed by atoms with Crippen molar-refractivity contribution in [3.05, 3.63) is 0 Å². The molecular weight excluding hydrogens is 186 g/mol. The van der Waals surface area contributed by atoms with Crippen molar-refractivity contribution in [3.8, 4) is 0 Å². The Morgan fingerprint density at radius 3 is 2.20 bits per heavy atom. The molecule has 0 radical (unpaired) electrons. The zero-order valence-corrected chi connectivity index (χ0v) is 10.6. The molecule has 1 aliphatic rings. The highest BCUT2D eigenvalue weighted by molar-refractivity contribution is 4.87. The van der Waals surface area contributed by atoms with E-state index in [-0.39, 0.29) is 0 Å². The lowest BCUT2D eigenvalue weighted by Crippen LogP contribution is -2.52. The van der Waals surface area contributed by atoms with Crippen molar-refractivity contribution in [1.29, 1.82) is 0 Å². The molecule has 0 spiro atoms. The van der Waals surface area contributed by atoms with Crippen LogP contribution in [-0.2, 0) is 0 Å². The minimum Gasteiger partial charge on any atom is -0.396 e. The van der Waals surface area contributed by atoms with Crippen LogP contribution in [0.5, 0.6) is 0 Å². The Kier molecular flexibility index (Phi) is 5.07. The summed E-state index contributed by atoms with van der Waals surface area (Å²) in [4.78, 5) is 2.56. The second-order valence-corrected chi connectivity index (χ2v) is 5.96. The number of nitrogens with zero attached hydrogens (tertiary/aromatic N) is 1. The molecule has 0 aliphatic carbocycles. The molecule has 0 aromatic carbocycles. The van der Waals surface area contributed by atoms with Gasteiger partial charge >= 0.3 is 0 Å². The van der Waals surface area contributed by atoms with Crippen molar-refractivity contribution in [2.24, 2.45) is 11.3 Å². The molecule has 0 amide bonds. The predicted molar refractivity (Wildman–Crippen MR) is 64.9 cm³/mol. The fraction of sp³-hybridized carbons (Fsp3) is 1.00. The minimum atomic E-state index is 0.357. The standard InChI is InChI=1S/C13H27NO/c1-13(2,3)12-10-14(11-12)8-6-4-5-7-9-15/h12,15H,4-11H2,1-3H3. The fourth-order valence-electron chi connectivity index (χ4n) is 2.10. The lowest BCUT2D eigenvalue weighted by atomic mass is 9.76. The van der Waals surface area contributed by atoms with Crippen LogP contribution >= 0.6 is 0 Å². The Morgan fingerprint density at radius 1 is 1.07 bits per heavy atom. The summed E-state index contributed by atoms with van der Waals surface area (Å²) in [5, 5.41) is 8.65. The Bertz CT molecular complexity index is 168. The molecule has 2 nitrogen and oxygen atoms in total. The Labute approximate surface area is 94.7 Å². The summed E-state index contributed by atoms with van der Waals surface area (Å²) in [7, 11) is 0. The van der Waals surface area contributed by atoms with Crippen LogP contribution in [0.3, 0.4) is 0 Å². The highest BCUT2D eigenvalue weighted by Gasteiger charge is 2.34. The number of unbranched alkanes of at least 4 members (excludes halogenated alkanes) is 3. The van der Waals surface area contributed by atoms with Gasteiger partial charge in [0.25, 0.3) is 0 Å². The summed E-state index contributed by atoms with van der Waals surface area (Å²) in [6.07, 6.45) is 4.74. The molecule has 1 fully saturated rings. The second-order valence-electron chi connectivity index (χ2n) is 5.96. The quantitative estimate of drug-likeness (QED) is 0.685. The summed E-state index contributed by atoms with van der Waals surface area (Å²) in [6.45, 7) is 11.2. The van der Waals surface area contributed by atoms with E-state index in [1.54, 1.807) is 0 Å². The molecule has 0 aromatic rings. The molecule has 0 unspecified atom stereocenters.